The Morgan fingerprint density at radius 1 is 1.53 bits per heavy atom. The first kappa shape index (κ1) is 11.6. The minimum Gasteiger partial charge on any atom is -0.478 e. The van der Waals surface area contributed by atoms with Crippen LogP contribution in [0.25, 0.3) is 0 Å². The van der Waals surface area contributed by atoms with Gasteiger partial charge in [0, 0.05) is 10.2 Å². The van der Waals surface area contributed by atoms with Crippen LogP contribution < -0.4 is 5.32 Å². The van der Waals surface area contributed by atoms with Crippen molar-refractivity contribution in [1.29, 1.82) is 0 Å². The fraction of sp³-hybridized carbons (Fsp3) is 0.100. The zero-order valence-corrected chi connectivity index (χ0v) is 10.1. The van der Waals surface area contributed by atoms with Crippen LogP contribution in [0.3, 0.4) is 0 Å². The van der Waals surface area contributed by atoms with Gasteiger partial charge in [0.1, 0.15) is 0 Å². The first-order chi connectivity index (χ1) is 8.16. The molecule has 1 aromatic heterocycles. The van der Waals surface area contributed by atoms with E-state index in [1.54, 1.807) is 6.07 Å². The maximum atomic E-state index is 10.7. The van der Waals surface area contributed by atoms with Gasteiger partial charge in [0.25, 0.3) is 0 Å². The largest absolute Gasteiger partial charge is 0.478 e. The van der Waals surface area contributed by atoms with E-state index < -0.39 is 5.97 Å². The summed E-state index contributed by atoms with van der Waals surface area (Å²) in [7, 11) is 0. The van der Waals surface area contributed by atoms with Gasteiger partial charge in [0.2, 0.25) is 6.39 Å². The molecule has 6 nitrogen and oxygen atoms in total. The van der Waals surface area contributed by atoms with Crippen molar-refractivity contribution in [1.82, 2.24) is 10.1 Å². The molecule has 88 valence electrons. The van der Waals surface area contributed by atoms with Gasteiger partial charge in [0.05, 0.1) is 12.1 Å². The predicted molar refractivity (Wildman–Crippen MR) is 62.7 cm³/mol. The first-order valence-corrected chi connectivity index (χ1v) is 5.48. The third kappa shape index (κ3) is 2.82. The molecule has 0 spiro atoms. The molecule has 0 aliphatic heterocycles. The van der Waals surface area contributed by atoms with Crippen molar-refractivity contribution in [2.24, 2.45) is 0 Å². The third-order valence-corrected chi connectivity index (χ3v) is 2.72. The molecule has 2 rings (SSSR count). The molecule has 17 heavy (non-hydrogen) atoms. The predicted octanol–water partition coefficient (Wildman–Crippen LogP) is 2.14. The average molecular weight is 298 g/mol. The van der Waals surface area contributed by atoms with Crippen LogP contribution in [0, 0.1) is 0 Å². The Hall–Kier alpha value is -1.89. The summed E-state index contributed by atoms with van der Waals surface area (Å²) in [4.78, 5) is 14.6. The molecular formula is C10H8BrN3O3. The van der Waals surface area contributed by atoms with Gasteiger partial charge in [0.15, 0.2) is 5.82 Å². The maximum Gasteiger partial charge on any atom is 0.335 e. The standard InChI is InChI=1S/C10H8BrN3O3/c11-7-3-6(10(15)16)1-2-8(7)12-4-9-13-5-17-14-9/h1-3,5,12H,4H2,(H,15,16). The molecule has 2 N–H and O–H groups in total. The number of carboxylic acid groups (broad SMARTS) is 1. The first-order valence-electron chi connectivity index (χ1n) is 4.69. The van der Waals surface area contributed by atoms with E-state index in [4.69, 9.17) is 5.11 Å². The molecular weight excluding hydrogens is 290 g/mol. The van der Waals surface area contributed by atoms with Crippen LogP contribution in [0.5, 0.6) is 0 Å². The Morgan fingerprint density at radius 3 is 2.94 bits per heavy atom. The normalized spacial score (nSPS) is 10.2. The fourth-order valence-electron chi connectivity index (χ4n) is 1.24. The minimum absolute atomic E-state index is 0.224. The summed E-state index contributed by atoms with van der Waals surface area (Å²) >= 11 is 3.29. The molecule has 0 saturated heterocycles. The van der Waals surface area contributed by atoms with E-state index in [-0.39, 0.29) is 5.56 Å². The number of aromatic nitrogens is 2. The molecule has 0 aliphatic carbocycles. The van der Waals surface area contributed by atoms with Gasteiger partial charge in [-0.15, -0.1) is 0 Å². The van der Waals surface area contributed by atoms with Crippen molar-refractivity contribution in [2.75, 3.05) is 5.32 Å². The molecule has 0 amide bonds. The second-order valence-corrected chi connectivity index (χ2v) is 4.06. The number of carboxylic acids is 1. The number of benzene rings is 1. The molecule has 0 atom stereocenters. The van der Waals surface area contributed by atoms with Crippen LogP contribution in [-0.2, 0) is 6.54 Å². The summed E-state index contributed by atoms with van der Waals surface area (Å²) in [5.74, 6) is -0.436. The summed E-state index contributed by atoms with van der Waals surface area (Å²) in [5, 5.41) is 15.5. The Morgan fingerprint density at radius 2 is 2.35 bits per heavy atom. The van der Waals surface area contributed by atoms with Crippen molar-refractivity contribution in [2.45, 2.75) is 6.54 Å². The Labute approximate surface area is 105 Å². The SMILES string of the molecule is O=C(O)c1ccc(NCc2ncon2)c(Br)c1. The van der Waals surface area contributed by atoms with E-state index >= 15 is 0 Å². The number of hydrogen-bond donors (Lipinski definition) is 2. The molecule has 0 bridgehead atoms. The number of nitrogens with zero attached hydrogens (tertiary/aromatic N) is 2. The van der Waals surface area contributed by atoms with Crippen molar-refractivity contribution in [3.05, 3.63) is 40.5 Å². The molecule has 1 aromatic carbocycles. The summed E-state index contributed by atoms with van der Waals surface area (Å²) < 4.78 is 5.26. The van der Waals surface area contributed by atoms with Crippen LogP contribution in [0.4, 0.5) is 5.69 Å². The number of anilines is 1. The molecule has 1 heterocycles. The molecule has 7 heteroatoms. The van der Waals surface area contributed by atoms with E-state index in [0.717, 1.165) is 5.69 Å². The number of carbonyl (C=O) groups is 1. The summed E-state index contributed by atoms with van der Waals surface area (Å²) in [5.41, 5.74) is 0.988. The van der Waals surface area contributed by atoms with E-state index in [1.165, 1.54) is 18.5 Å². The highest BCUT2D eigenvalue weighted by molar-refractivity contribution is 9.10. The molecule has 0 aliphatic rings. The van der Waals surface area contributed by atoms with Gasteiger partial charge in [-0.05, 0) is 34.1 Å². The molecule has 0 unspecified atom stereocenters. The van der Waals surface area contributed by atoms with Gasteiger partial charge in [-0.3, -0.25) is 0 Å². The van der Waals surface area contributed by atoms with E-state index in [0.29, 0.717) is 16.8 Å². The van der Waals surface area contributed by atoms with Crippen molar-refractivity contribution in [3.63, 3.8) is 0 Å². The lowest BCUT2D eigenvalue weighted by atomic mass is 10.2. The molecule has 0 saturated carbocycles. The van der Waals surface area contributed by atoms with Crippen LogP contribution in [-0.4, -0.2) is 21.2 Å². The fourth-order valence-corrected chi connectivity index (χ4v) is 1.76. The van der Waals surface area contributed by atoms with Gasteiger partial charge in [-0.1, -0.05) is 5.16 Å². The van der Waals surface area contributed by atoms with Gasteiger partial charge in [-0.25, -0.2) is 4.79 Å². The van der Waals surface area contributed by atoms with E-state index in [1.807, 2.05) is 0 Å². The van der Waals surface area contributed by atoms with Crippen LogP contribution in [0.15, 0.2) is 33.6 Å². The Balaban J connectivity index is 2.09. The lowest BCUT2D eigenvalue weighted by Crippen LogP contribution is -2.03. The molecule has 0 radical (unpaired) electrons. The second-order valence-electron chi connectivity index (χ2n) is 3.20. The van der Waals surface area contributed by atoms with E-state index in [2.05, 4.69) is 35.9 Å². The zero-order valence-electron chi connectivity index (χ0n) is 8.55. The van der Waals surface area contributed by atoms with Crippen LogP contribution in [0.1, 0.15) is 16.2 Å². The number of rotatable bonds is 4. The number of aromatic carboxylic acids is 1. The highest BCUT2D eigenvalue weighted by Gasteiger charge is 2.07. The molecule has 2 aromatic rings. The summed E-state index contributed by atoms with van der Waals surface area (Å²) in [6, 6.07) is 4.72. The zero-order chi connectivity index (χ0) is 12.3. The number of hydrogen-bond acceptors (Lipinski definition) is 5. The highest BCUT2D eigenvalue weighted by Crippen LogP contribution is 2.24. The monoisotopic (exact) mass is 297 g/mol. The van der Waals surface area contributed by atoms with Crippen molar-refractivity contribution < 1.29 is 14.4 Å². The Kier molecular flexibility index (Phi) is 3.38. The Bertz CT molecular complexity index is 528. The van der Waals surface area contributed by atoms with E-state index in [9.17, 15) is 4.79 Å². The topological polar surface area (TPSA) is 88.2 Å². The second kappa shape index (κ2) is 4.96. The summed E-state index contributed by atoms with van der Waals surface area (Å²) in [6.45, 7) is 0.404. The smallest absolute Gasteiger partial charge is 0.335 e. The third-order valence-electron chi connectivity index (χ3n) is 2.06. The van der Waals surface area contributed by atoms with Crippen molar-refractivity contribution >= 4 is 27.6 Å². The maximum absolute atomic E-state index is 10.7. The van der Waals surface area contributed by atoms with Gasteiger partial charge in [-0.2, -0.15) is 4.98 Å². The van der Waals surface area contributed by atoms with Crippen LogP contribution in [0.2, 0.25) is 0 Å². The number of nitrogens with one attached hydrogen (secondary N) is 1. The minimum atomic E-state index is -0.963. The summed E-state index contributed by atoms with van der Waals surface area (Å²) in [6.07, 6.45) is 1.25. The van der Waals surface area contributed by atoms with Gasteiger partial charge >= 0.3 is 5.97 Å². The van der Waals surface area contributed by atoms with Crippen molar-refractivity contribution in [3.8, 4) is 0 Å². The molecule has 0 fully saturated rings. The van der Waals surface area contributed by atoms with Gasteiger partial charge < -0.3 is 14.9 Å². The quantitative estimate of drug-likeness (QED) is 0.899. The average Bonchev–Trinajstić information content (AvgIpc) is 2.80. The van der Waals surface area contributed by atoms with Crippen LogP contribution >= 0.6 is 15.9 Å². The highest BCUT2D eigenvalue weighted by atomic mass is 79.9. The lowest BCUT2D eigenvalue weighted by Gasteiger charge is -2.06. The lowest BCUT2D eigenvalue weighted by molar-refractivity contribution is 0.0697. The number of halogens is 1.